The van der Waals surface area contributed by atoms with Gasteiger partial charge in [-0.3, -0.25) is 9.89 Å². The number of nitrogens with one attached hydrogen (secondary N) is 2. The van der Waals surface area contributed by atoms with E-state index in [9.17, 15) is 0 Å². The first kappa shape index (κ1) is 26.7. The van der Waals surface area contributed by atoms with Gasteiger partial charge in [0.1, 0.15) is 0 Å². The predicted octanol–water partition coefficient (Wildman–Crippen LogP) is 4.60. The maximum absolute atomic E-state index is 6.33. The molecule has 2 saturated heterocycles. The monoisotopic (exact) mass is 561 g/mol. The Balaban J connectivity index is 0.00000341. The lowest BCUT2D eigenvalue weighted by atomic mass is 9.96. The van der Waals surface area contributed by atoms with Gasteiger partial charge in [-0.15, -0.1) is 24.0 Å². The van der Waals surface area contributed by atoms with Crippen molar-refractivity contribution in [3.05, 3.63) is 34.9 Å². The molecule has 2 fully saturated rings. The molecule has 0 aromatic heterocycles. The smallest absolute Gasteiger partial charge is 0.191 e. The van der Waals surface area contributed by atoms with Gasteiger partial charge in [0.25, 0.3) is 0 Å². The van der Waals surface area contributed by atoms with Crippen LogP contribution in [0, 0.1) is 5.92 Å². The van der Waals surface area contributed by atoms with E-state index in [-0.39, 0.29) is 24.0 Å². The van der Waals surface area contributed by atoms with E-state index < -0.39 is 0 Å². The van der Waals surface area contributed by atoms with Crippen molar-refractivity contribution in [3.63, 3.8) is 0 Å². The first-order chi connectivity index (χ1) is 14.5. The zero-order valence-corrected chi connectivity index (χ0v) is 22.5. The summed E-state index contributed by atoms with van der Waals surface area (Å²) in [6.07, 6.45) is 4.81. The Hall–Kier alpha value is -0.570. The normalized spacial score (nSPS) is 20.0. The second kappa shape index (κ2) is 13.9. The summed E-state index contributed by atoms with van der Waals surface area (Å²) in [4.78, 5) is 10.0. The van der Waals surface area contributed by atoms with Crippen LogP contribution in [0.2, 0.25) is 5.02 Å². The van der Waals surface area contributed by atoms with Crippen molar-refractivity contribution in [2.24, 2.45) is 10.9 Å². The van der Waals surface area contributed by atoms with Crippen molar-refractivity contribution in [1.29, 1.82) is 0 Å². The van der Waals surface area contributed by atoms with Crippen LogP contribution in [-0.2, 0) is 6.54 Å². The van der Waals surface area contributed by atoms with Crippen LogP contribution in [0.5, 0.6) is 0 Å². The molecule has 176 valence electrons. The second-order valence-corrected chi connectivity index (χ2v) is 9.49. The molecule has 2 N–H and O–H groups in total. The summed E-state index contributed by atoms with van der Waals surface area (Å²) >= 11 is 6.33. The van der Waals surface area contributed by atoms with Gasteiger partial charge in [-0.05, 0) is 77.1 Å². The minimum absolute atomic E-state index is 0. The molecule has 0 radical (unpaired) electrons. The van der Waals surface area contributed by atoms with Gasteiger partial charge < -0.3 is 15.5 Å². The van der Waals surface area contributed by atoms with Crippen LogP contribution in [0.3, 0.4) is 0 Å². The highest BCUT2D eigenvalue weighted by Crippen LogP contribution is 2.22. The summed E-state index contributed by atoms with van der Waals surface area (Å²) in [6.45, 7) is 14.1. The summed E-state index contributed by atoms with van der Waals surface area (Å²) in [6, 6.07) is 9.38. The molecule has 2 aliphatic rings. The van der Waals surface area contributed by atoms with Crippen molar-refractivity contribution >= 4 is 41.5 Å². The molecule has 2 aliphatic heterocycles. The van der Waals surface area contributed by atoms with E-state index in [1.807, 2.05) is 12.1 Å². The third-order valence-corrected chi connectivity index (χ3v) is 6.88. The van der Waals surface area contributed by atoms with Gasteiger partial charge in [-0.2, -0.15) is 0 Å². The Morgan fingerprint density at radius 3 is 2.39 bits per heavy atom. The van der Waals surface area contributed by atoms with Crippen LogP contribution in [0.25, 0.3) is 0 Å². The lowest BCUT2D eigenvalue weighted by Crippen LogP contribution is -2.50. The zero-order valence-electron chi connectivity index (χ0n) is 19.4. The molecule has 0 amide bonds. The van der Waals surface area contributed by atoms with Gasteiger partial charge in [-0.1, -0.05) is 29.8 Å². The topological polar surface area (TPSA) is 42.9 Å². The maximum Gasteiger partial charge on any atom is 0.191 e. The van der Waals surface area contributed by atoms with E-state index in [1.54, 1.807) is 0 Å². The minimum atomic E-state index is 0. The first-order valence-corrected chi connectivity index (χ1v) is 12.2. The molecule has 7 heteroatoms. The van der Waals surface area contributed by atoms with E-state index in [1.165, 1.54) is 44.3 Å². The summed E-state index contributed by atoms with van der Waals surface area (Å²) in [5.41, 5.74) is 1.23. The van der Waals surface area contributed by atoms with Crippen molar-refractivity contribution < 1.29 is 0 Å². The van der Waals surface area contributed by atoms with Crippen molar-refractivity contribution in [1.82, 2.24) is 20.4 Å². The van der Waals surface area contributed by atoms with Gasteiger partial charge in [0.2, 0.25) is 0 Å². The standard InChI is InChI=1S/C24H40ClN5.HI/c1-4-26-24(28-22-11-15-30(16-12-22)19(2)3)27-17-20-9-13-29(14-10-20)18-21-7-5-6-8-23(21)25;/h5-8,19-20,22H,4,9-18H2,1-3H3,(H2,26,27,28);1H. The molecule has 2 heterocycles. The summed E-state index contributed by atoms with van der Waals surface area (Å²) in [5.74, 6) is 1.67. The van der Waals surface area contributed by atoms with Gasteiger partial charge in [0, 0.05) is 49.8 Å². The third kappa shape index (κ3) is 8.71. The first-order valence-electron chi connectivity index (χ1n) is 11.8. The molecule has 3 rings (SSSR count). The van der Waals surface area contributed by atoms with Gasteiger partial charge >= 0.3 is 0 Å². The van der Waals surface area contributed by atoms with E-state index in [0.29, 0.717) is 18.0 Å². The fourth-order valence-corrected chi connectivity index (χ4v) is 4.68. The number of halogens is 2. The molecule has 0 atom stereocenters. The number of nitrogens with zero attached hydrogens (tertiary/aromatic N) is 3. The van der Waals surface area contributed by atoms with Crippen molar-refractivity contribution in [2.75, 3.05) is 39.3 Å². The van der Waals surface area contributed by atoms with E-state index in [0.717, 1.165) is 43.7 Å². The molecular formula is C24H41ClIN5. The highest BCUT2D eigenvalue weighted by Gasteiger charge is 2.22. The van der Waals surface area contributed by atoms with Crippen LogP contribution in [0.15, 0.2) is 29.3 Å². The lowest BCUT2D eigenvalue weighted by Gasteiger charge is -2.35. The van der Waals surface area contributed by atoms with Gasteiger partial charge in [0.15, 0.2) is 5.96 Å². The number of likely N-dealkylation sites (tertiary alicyclic amines) is 2. The molecule has 0 unspecified atom stereocenters. The molecule has 0 aliphatic carbocycles. The van der Waals surface area contributed by atoms with E-state index >= 15 is 0 Å². The number of hydrogen-bond acceptors (Lipinski definition) is 3. The Morgan fingerprint density at radius 2 is 1.77 bits per heavy atom. The molecular weight excluding hydrogens is 521 g/mol. The lowest BCUT2D eigenvalue weighted by molar-refractivity contribution is 0.167. The fourth-order valence-electron chi connectivity index (χ4n) is 4.49. The van der Waals surface area contributed by atoms with Crippen molar-refractivity contribution in [2.45, 2.75) is 65.1 Å². The maximum atomic E-state index is 6.33. The van der Waals surface area contributed by atoms with Crippen LogP contribution < -0.4 is 10.6 Å². The van der Waals surface area contributed by atoms with Crippen LogP contribution in [0.4, 0.5) is 0 Å². The number of aliphatic imine (C=N–C) groups is 1. The Bertz CT molecular complexity index is 668. The van der Waals surface area contributed by atoms with Gasteiger partial charge in [0.05, 0.1) is 0 Å². The average molecular weight is 562 g/mol. The average Bonchev–Trinajstić information content (AvgIpc) is 2.75. The molecule has 31 heavy (non-hydrogen) atoms. The van der Waals surface area contributed by atoms with E-state index in [2.05, 4.69) is 53.3 Å². The molecule has 0 spiro atoms. The highest BCUT2D eigenvalue weighted by molar-refractivity contribution is 14.0. The number of rotatable bonds is 7. The minimum Gasteiger partial charge on any atom is -0.357 e. The van der Waals surface area contributed by atoms with Crippen LogP contribution in [0.1, 0.15) is 52.0 Å². The summed E-state index contributed by atoms with van der Waals surface area (Å²) in [5, 5.41) is 8.02. The second-order valence-electron chi connectivity index (χ2n) is 9.08. The van der Waals surface area contributed by atoms with Crippen molar-refractivity contribution in [3.8, 4) is 0 Å². The molecule has 0 bridgehead atoms. The molecule has 1 aromatic rings. The number of benzene rings is 1. The zero-order chi connectivity index (χ0) is 21.3. The quantitative estimate of drug-likeness (QED) is 0.290. The Kier molecular flexibility index (Phi) is 11.9. The predicted molar refractivity (Wildman–Crippen MR) is 144 cm³/mol. The molecule has 5 nitrogen and oxygen atoms in total. The number of piperidine rings is 2. The largest absolute Gasteiger partial charge is 0.357 e. The van der Waals surface area contributed by atoms with Crippen LogP contribution >= 0.6 is 35.6 Å². The van der Waals surface area contributed by atoms with Crippen LogP contribution in [-0.4, -0.2) is 67.1 Å². The third-order valence-electron chi connectivity index (χ3n) is 6.51. The SMILES string of the molecule is CCNC(=NCC1CCN(Cc2ccccc2Cl)CC1)NC1CCN(C(C)C)CC1.I. The summed E-state index contributed by atoms with van der Waals surface area (Å²) in [7, 11) is 0. The molecule has 1 aromatic carbocycles. The molecule has 0 saturated carbocycles. The van der Waals surface area contributed by atoms with Gasteiger partial charge in [-0.25, -0.2) is 0 Å². The fraction of sp³-hybridized carbons (Fsp3) is 0.708. The van der Waals surface area contributed by atoms with E-state index in [4.69, 9.17) is 16.6 Å². The highest BCUT2D eigenvalue weighted by atomic mass is 127. The Labute approximate surface area is 211 Å². The summed E-state index contributed by atoms with van der Waals surface area (Å²) < 4.78 is 0. The number of guanidine groups is 1. The Morgan fingerprint density at radius 1 is 1.10 bits per heavy atom. The number of hydrogen-bond donors (Lipinski definition) is 2.